The third-order valence-electron chi connectivity index (χ3n) is 5.01. The fourth-order valence-corrected chi connectivity index (χ4v) is 3.73. The highest BCUT2D eigenvalue weighted by Gasteiger charge is 2.35. The number of morpholine rings is 1. The number of carbonyl (C=O) groups is 1. The molecule has 1 fully saturated rings. The summed E-state index contributed by atoms with van der Waals surface area (Å²) >= 11 is 6.14. The molecule has 7 nitrogen and oxygen atoms in total. The van der Waals surface area contributed by atoms with E-state index >= 15 is 0 Å². The van der Waals surface area contributed by atoms with Crippen LogP contribution >= 0.6 is 11.6 Å². The summed E-state index contributed by atoms with van der Waals surface area (Å²) in [4.78, 5) is 22.0. The molecule has 152 valence electrons. The van der Waals surface area contributed by atoms with E-state index in [0.29, 0.717) is 47.8 Å². The van der Waals surface area contributed by atoms with Crippen LogP contribution in [0, 0.1) is 0 Å². The maximum Gasteiger partial charge on any atom is 0.278 e. The summed E-state index contributed by atoms with van der Waals surface area (Å²) in [6.07, 6.45) is 0. The van der Waals surface area contributed by atoms with E-state index in [0.717, 1.165) is 24.3 Å². The summed E-state index contributed by atoms with van der Waals surface area (Å²) in [5.41, 5.74) is 2.41. The van der Waals surface area contributed by atoms with Gasteiger partial charge in [0.2, 0.25) is 0 Å². The average Bonchev–Trinajstić information content (AvgIpc) is 3.01. The van der Waals surface area contributed by atoms with Crippen LogP contribution in [0.3, 0.4) is 0 Å². The molecule has 0 radical (unpaired) electrons. The third kappa shape index (κ3) is 3.81. The normalized spacial score (nSPS) is 18.2. The van der Waals surface area contributed by atoms with Gasteiger partial charge in [-0.05, 0) is 6.07 Å². The molecule has 0 unspecified atom stereocenters. The van der Waals surface area contributed by atoms with Crippen molar-refractivity contribution in [2.45, 2.75) is 0 Å². The van der Waals surface area contributed by atoms with Crippen molar-refractivity contribution in [3.05, 3.63) is 47.0 Å². The predicted octanol–water partition coefficient (Wildman–Crippen LogP) is 3.11. The van der Waals surface area contributed by atoms with Crippen molar-refractivity contribution >= 4 is 34.6 Å². The number of anilines is 1. The molecule has 2 heterocycles. The minimum absolute atomic E-state index is 0.156. The topological polar surface area (TPSA) is 63.6 Å². The molecule has 0 atom stereocenters. The van der Waals surface area contributed by atoms with Gasteiger partial charge in [0.05, 0.1) is 39.8 Å². The highest BCUT2D eigenvalue weighted by molar-refractivity contribution is 6.54. The standard InChI is InChI=1S/C21H22ClN3O4/c1-27-17-11-14(22)12-18(28-2)20(17)23-19-15-5-3-4-6-16(15)25(21(19)26)13-24-7-9-29-10-8-24/h3-6,11-12H,7-10,13H2,1-2H3. The molecular formula is C21H22ClN3O4. The van der Waals surface area contributed by atoms with E-state index in [-0.39, 0.29) is 5.91 Å². The molecule has 8 heteroatoms. The number of hydrogen-bond acceptors (Lipinski definition) is 6. The lowest BCUT2D eigenvalue weighted by Crippen LogP contribution is -2.45. The zero-order valence-electron chi connectivity index (χ0n) is 16.4. The lowest BCUT2D eigenvalue weighted by molar-refractivity contribution is -0.112. The Hall–Kier alpha value is -2.61. The van der Waals surface area contributed by atoms with Crippen LogP contribution in [0.2, 0.25) is 5.02 Å². The second-order valence-corrected chi connectivity index (χ2v) is 7.18. The van der Waals surface area contributed by atoms with Gasteiger partial charge in [-0.2, -0.15) is 0 Å². The SMILES string of the molecule is COc1cc(Cl)cc(OC)c1N=C1C(=O)N(CN2CCOCC2)c2ccccc21. The highest BCUT2D eigenvalue weighted by atomic mass is 35.5. The summed E-state index contributed by atoms with van der Waals surface area (Å²) in [5.74, 6) is 0.731. The maximum absolute atomic E-state index is 13.3. The van der Waals surface area contributed by atoms with E-state index in [1.807, 2.05) is 24.3 Å². The van der Waals surface area contributed by atoms with E-state index in [9.17, 15) is 4.79 Å². The number of aliphatic imine (C=N–C) groups is 1. The number of hydrogen-bond donors (Lipinski definition) is 0. The smallest absolute Gasteiger partial charge is 0.278 e. The van der Waals surface area contributed by atoms with Gasteiger partial charge in [-0.3, -0.25) is 14.6 Å². The Morgan fingerprint density at radius 1 is 1.10 bits per heavy atom. The molecule has 0 saturated carbocycles. The van der Waals surface area contributed by atoms with Crippen LogP contribution in [0.25, 0.3) is 0 Å². The first-order valence-electron chi connectivity index (χ1n) is 9.34. The molecule has 0 aromatic heterocycles. The molecule has 0 aliphatic carbocycles. The second-order valence-electron chi connectivity index (χ2n) is 6.74. The largest absolute Gasteiger partial charge is 0.494 e. The monoisotopic (exact) mass is 415 g/mol. The number of benzene rings is 2. The third-order valence-corrected chi connectivity index (χ3v) is 5.23. The van der Waals surface area contributed by atoms with Crippen LogP contribution in [0.4, 0.5) is 11.4 Å². The number of ether oxygens (including phenoxy) is 3. The summed E-state index contributed by atoms with van der Waals surface area (Å²) in [6, 6.07) is 11.0. The average molecular weight is 416 g/mol. The molecule has 1 saturated heterocycles. The molecule has 4 rings (SSSR count). The fraction of sp³-hybridized carbons (Fsp3) is 0.333. The number of fused-ring (bicyclic) bond motifs is 1. The fourth-order valence-electron chi connectivity index (χ4n) is 3.54. The number of methoxy groups -OCH3 is 2. The minimum atomic E-state index is -0.156. The number of amides is 1. The first-order valence-corrected chi connectivity index (χ1v) is 9.71. The Balaban J connectivity index is 1.76. The van der Waals surface area contributed by atoms with Gasteiger partial charge in [-0.1, -0.05) is 29.8 Å². The lowest BCUT2D eigenvalue weighted by Gasteiger charge is -2.30. The van der Waals surface area contributed by atoms with Crippen molar-refractivity contribution in [2.24, 2.45) is 4.99 Å². The van der Waals surface area contributed by atoms with Crippen LogP contribution in [-0.4, -0.2) is 63.7 Å². The second kappa shape index (κ2) is 8.41. The van der Waals surface area contributed by atoms with Gasteiger partial charge in [-0.25, -0.2) is 4.99 Å². The molecule has 2 aromatic carbocycles. The van der Waals surface area contributed by atoms with Gasteiger partial charge in [0.15, 0.2) is 0 Å². The van der Waals surface area contributed by atoms with Crippen LogP contribution in [0.5, 0.6) is 11.5 Å². The van der Waals surface area contributed by atoms with Crippen LogP contribution in [-0.2, 0) is 9.53 Å². The molecular weight excluding hydrogens is 394 g/mol. The van der Waals surface area contributed by atoms with E-state index in [1.165, 1.54) is 14.2 Å². The first-order chi connectivity index (χ1) is 14.1. The quantitative estimate of drug-likeness (QED) is 0.750. The number of halogens is 1. The van der Waals surface area contributed by atoms with E-state index < -0.39 is 0 Å². The summed E-state index contributed by atoms with van der Waals surface area (Å²) in [6.45, 7) is 3.41. The van der Waals surface area contributed by atoms with E-state index in [4.69, 9.17) is 25.8 Å². The van der Waals surface area contributed by atoms with E-state index in [1.54, 1.807) is 17.0 Å². The van der Waals surface area contributed by atoms with E-state index in [2.05, 4.69) is 9.89 Å². The summed E-state index contributed by atoms with van der Waals surface area (Å²) < 4.78 is 16.3. The predicted molar refractivity (Wildman–Crippen MR) is 112 cm³/mol. The van der Waals surface area contributed by atoms with Gasteiger partial charge >= 0.3 is 0 Å². The number of nitrogens with zero attached hydrogens (tertiary/aromatic N) is 3. The van der Waals surface area contributed by atoms with Crippen molar-refractivity contribution in [1.82, 2.24) is 4.90 Å². The molecule has 1 amide bonds. The Morgan fingerprint density at radius 3 is 2.41 bits per heavy atom. The number of rotatable bonds is 5. The zero-order chi connectivity index (χ0) is 20.4. The Kier molecular flexibility index (Phi) is 5.71. The molecule has 0 spiro atoms. The van der Waals surface area contributed by atoms with Crippen molar-refractivity contribution in [1.29, 1.82) is 0 Å². The molecule has 2 aromatic rings. The summed E-state index contributed by atoms with van der Waals surface area (Å²) in [7, 11) is 3.06. The molecule has 0 bridgehead atoms. The Morgan fingerprint density at radius 2 is 1.76 bits per heavy atom. The van der Waals surface area contributed by atoms with Gasteiger partial charge in [-0.15, -0.1) is 0 Å². The highest BCUT2D eigenvalue weighted by Crippen LogP contribution is 2.42. The Labute approximate surface area is 174 Å². The van der Waals surface area contributed by atoms with Gasteiger partial charge in [0, 0.05) is 35.8 Å². The summed E-state index contributed by atoms with van der Waals surface area (Å²) in [5, 5.41) is 0.467. The number of carbonyl (C=O) groups excluding carboxylic acids is 1. The van der Waals surface area contributed by atoms with Crippen molar-refractivity contribution in [3.63, 3.8) is 0 Å². The first kappa shape index (κ1) is 19.7. The van der Waals surface area contributed by atoms with Crippen LogP contribution in [0.1, 0.15) is 5.56 Å². The minimum Gasteiger partial charge on any atom is -0.494 e. The molecule has 2 aliphatic rings. The molecule has 2 aliphatic heterocycles. The van der Waals surface area contributed by atoms with Crippen molar-refractivity contribution in [2.75, 3.05) is 52.1 Å². The van der Waals surface area contributed by atoms with Gasteiger partial charge in [0.1, 0.15) is 22.9 Å². The number of para-hydroxylation sites is 1. The van der Waals surface area contributed by atoms with Crippen molar-refractivity contribution < 1.29 is 19.0 Å². The van der Waals surface area contributed by atoms with Gasteiger partial charge in [0.25, 0.3) is 5.91 Å². The molecule has 29 heavy (non-hydrogen) atoms. The maximum atomic E-state index is 13.3. The van der Waals surface area contributed by atoms with Gasteiger partial charge < -0.3 is 14.2 Å². The van der Waals surface area contributed by atoms with Crippen LogP contribution in [0.15, 0.2) is 41.4 Å². The zero-order valence-corrected chi connectivity index (χ0v) is 17.1. The lowest BCUT2D eigenvalue weighted by atomic mass is 10.1. The van der Waals surface area contributed by atoms with Crippen molar-refractivity contribution in [3.8, 4) is 11.5 Å². The molecule has 0 N–H and O–H groups in total. The Bertz CT molecular complexity index is 932. The van der Waals surface area contributed by atoms with Crippen LogP contribution < -0.4 is 14.4 Å².